The largest absolute Gasteiger partial charge is 0.352 e. The van der Waals surface area contributed by atoms with Crippen LogP contribution in [0, 0.1) is 17.2 Å². The molecule has 4 nitrogen and oxygen atoms in total. The van der Waals surface area contributed by atoms with Crippen LogP contribution in [-0.2, 0) is 0 Å². The van der Waals surface area contributed by atoms with Crippen molar-refractivity contribution >= 4 is 5.82 Å². The van der Waals surface area contributed by atoms with E-state index in [0.717, 1.165) is 12.4 Å². The lowest BCUT2D eigenvalue weighted by molar-refractivity contribution is 0.361. The van der Waals surface area contributed by atoms with E-state index < -0.39 is 0 Å². The Bertz CT molecular complexity index is 392. The van der Waals surface area contributed by atoms with Gasteiger partial charge in [-0.2, -0.15) is 5.26 Å². The van der Waals surface area contributed by atoms with E-state index in [-0.39, 0.29) is 0 Å². The first-order valence-corrected chi connectivity index (χ1v) is 5.71. The van der Waals surface area contributed by atoms with E-state index in [1.807, 2.05) is 6.07 Å². The van der Waals surface area contributed by atoms with Crippen molar-refractivity contribution in [1.29, 1.82) is 5.26 Å². The molecule has 1 aromatic rings. The fourth-order valence-corrected chi connectivity index (χ4v) is 2.19. The molecule has 4 heteroatoms. The van der Waals surface area contributed by atoms with Gasteiger partial charge in [0, 0.05) is 12.6 Å². The summed E-state index contributed by atoms with van der Waals surface area (Å²) in [6, 6.07) is 2.48. The van der Waals surface area contributed by atoms with Crippen LogP contribution in [0.2, 0.25) is 0 Å². The number of nitrogens with zero attached hydrogens (tertiary/aromatic N) is 4. The summed E-state index contributed by atoms with van der Waals surface area (Å²) < 4.78 is 0. The molecule has 2 unspecified atom stereocenters. The summed E-state index contributed by atoms with van der Waals surface area (Å²) in [5.74, 6) is 1.57. The smallest absolute Gasteiger partial charge is 0.158 e. The van der Waals surface area contributed by atoms with Crippen LogP contribution >= 0.6 is 0 Å². The van der Waals surface area contributed by atoms with E-state index in [9.17, 15) is 0 Å². The third-order valence-corrected chi connectivity index (χ3v) is 3.42. The SMILES string of the molecule is CC1CCCN(c2cnc(C#N)cn2)C1C. The minimum absolute atomic E-state index is 0.376. The molecule has 1 saturated heterocycles. The molecular weight excluding hydrogens is 200 g/mol. The fraction of sp³-hybridized carbons (Fsp3) is 0.583. The average molecular weight is 216 g/mol. The van der Waals surface area contributed by atoms with Gasteiger partial charge in [0.1, 0.15) is 11.9 Å². The molecule has 1 aliphatic heterocycles. The van der Waals surface area contributed by atoms with Crippen LogP contribution in [-0.4, -0.2) is 22.6 Å². The zero-order valence-electron chi connectivity index (χ0n) is 9.72. The van der Waals surface area contributed by atoms with Gasteiger partial charge in [-0.05, 0) is 25.7 Å². The van der Waals surface area contributed by atoms with Crippen molar-refractivity contribution < 1.29 is 0 Å². The topological polar surface area (TPSA) is 52.8 Å². The van der Waals surface area contributed by atoms with Gasteiger partial charge < -0.3 is 4.90 Å². The molecule has 84 valence electrons. The third-order valence-electron chi connectivity index (χ3n) is 3.42. The van der Waals surface area contributed by atoms with Crippen molar-refractivity contribution in [2.75, 3.05) is 11.4 Å². The van der Waals surface area contributed by atoms with Gasteiger partial charge in [0.05, 0.1) is 12.4 Å². The van der Waals surface area contributed by atoms with Gasteiger partial charge in [-0.25, -0.2) is 9.97 Å². The molecule has 0 aromatic carbocycles. The van der Waals surface area contributed by atoms with Gasteiger partial charge in [-0.1, -0.05) is 6.92 Å². The first kappa shape index (κ1) is 10.9. The highest BCUT2D eigenvalue weighted by Gasteiger charge is 2.25. The molecule has 1 aromatic heterocycles. The van der Waals surface area contributed by atoms with Crippen LogP contribution in [0.15, 0.2) is 12.4 Å². The van der Waals surface area contributed by atoms with E-state index >= 15 is 0 Å². The molecule has 0 amide bonds. The molecule has 16 heavy (non-hydrogen) atoms. The van der Waals surface area contributed by atoms with Gasteiger partial charge >= 0.3 is 0 Å². The molecule has 0 saturated carbocycles. The van der Waals surface area contributed by atoms with Gasteiger partial charge in [-0.15, -0.1) is 0 Å². The summed E-state index contributed by atoms with van der Waals surface area (Å²) in [7, 11) is 0. The van der Waals surface area contributed by atoms with Crippen LogP contribution in [0.3, 0.4) is 0 Å². The van der Waals surface area contributed by atoms with Crippen molar-refractivity contribution in [3.05, 3.63) is 18.1 Å². The van der Waals surface area contributed by atoms with Gasteiger partial charge in [0.25, 0.3) is 0 Å². The van der Waals surface area contributed by atoms with E-state index in [1.54, 1.807) is 12.4 Å². The number of piperidine rings is 1. The number of hydrogen-bond acceptors (Lipinski definition) is 4. The minimum Gasteiger partial charge on any atom is -0.352 e. The second-order valence-corrected chi connectivity index (χ2v) is 4.43. The fourth-order valence-electron chi connectivity index (χ4n) is 2.19. The number of aromatic nitrogens is 2. The Morgan fingerprint density at radius 1 is 1.38 bits per heavy atom. The van der Waals surface area contributed by atoms with Crippen LogP contribution < -0.4 is 4.90 Å². The first-order valence-electron chi connectivity index (χ1n) is 5.71. The van der Waals surface area contributed by atoms with Gasteiger partial charge in [0.15, 0.2) is 5.69 Å². The summed E-state index contributed by atoms with van der Waals surface area (Å²) >= 11 is 0. The summed E-state index contributed by atoms with van der Waals surface area (Å²) in [6.45, 7) is 5.53. The van der Waals surface area contributed by atoms with Crippen molar-refractivity contribution in [2.24, 2.45) is 5.92 Å². The molecule has 0 bridgehead atoms. The predicted molar refractivity (Wildman–Crippen MR) is 62.0 cm³/mol. The van der Waals surface area contributed by atoms with Crippen molar-refractivity contribution in [2.45, 2.75) is 32.7 Å². The monoisotopic (exact) mass is 216 g/mol. The molecule has 1 fully saturated rings. The Morgan fingerprint density at radius 3 is 2.81 bits per heavy atom. The molecule has 1 aliphatic rings. The van der Waals surface area contributed by atoms with E-state index in [0.29, 0.717) is 17.7 Å². The van der Waals surface area contributed by atoms with Gasteiger partial charge in [-0.3, -0.25) is 0 Å². The number of anilines is 1. The highest BCUT2D eigenvalue weighted by Crippen LogP contribution is 2.26. The number of nitriles is 1. The number of hydrogen-bond donors (Lipinski definition) is 0. The highest BCUT2D eigenvalue weighted by molar-refractivity contribution is 5.39. The molecule has 0 aliphatic carbocycles. The van der Waals surface area contributed by atoms with E-state index in [2.05, 4.69) is 28.7 Å². The molecule has 2 rings (SSSR count). The maximum Gasteiger partial charge on any atom is 0.158 e. The Hall–Kier alpha value is -1.63. The zero-order valence-corrected chi connectivity index (χ0v) is 9.72. The predicted octanol–water partition coefficient (Wildman–Crippen LogP) is 1.97. The summed E-state index contributed by atoms with van der Waals surface area (Å²) in [5, 5.41) is 8.67. The molecular formula is C12H16N4. The van der Waals surface area contributed by atoms with Crippen molar-refractivity contribution in [3.63, 3.8) is 0 Å². The van der Waals surface area contributed by atoms with Crippen molar-refractivity contribution in [1.82, 2.24) is 9.97 Å². The van der Waals surface area contributed by atoms with Crippen LogP contribution in [0.1, 0.15) is 32.4 Å². The number of rotatable bonds is 1. The Morgan fingerprint density at radius 2 is 2.19 bits per heavy atom. The van der Waals surface area contributed by atoms with Gasteiger partial charge in [0.2, 0.25) is 0 Å². The molecule has 0 spiro atoms. The Labute approximate surface area is 95.9 Å². The summed E-state index contributed by atoms with van der Waals surface area (Å²) in [5.41, 5.74) is 0.376. The van der Waals surface area contributed by atoms with Crippen LogP contribution in [0.25, 0.3) is 0 Å². The van der Waals surface area contributed by atoms with E-state index in [4.69, 9.17) is 5.26 Å². The lowest BCUT2D eigenvalue weighted by atomic mass is 9.92. The maximum atomic E-state index is 8.67. The third kappa shape index (κ3) is 1.99. The molecule has 0 N–H and O–H groups in total. The standard InChI is InChI=1S/C12H16N4/c1-9-4-3-5-16(10(9)2)12-8-14-11(6-13)7-15-12/h7-10H,3-5H2,1-2H3. The molecule has 2 heterocycles. The second-order valence-electron chi connectivity index (χ2n) is 4.43. The average Bonchev–Trinajstić information content (AvgIpc) is 2.33. The van der Waals surface area contributed by atoms with Crippen molar-refractivity contribution in [3.8, 4) is 6.07 Å². The lowest BCUT2D eigenvalue weighted by Crippen LogP contribution is -2.42. The minimum atomic E-state index is 0.376. The zero-order chi connectivity index (χ0) is 11.5. The quantitative estimate of drug-likeness (QED) is 0.720. The molecule has 0 radical (unpaired) electrons. The normalized spacial score (nSPS) is 25.2. The first-order chi connectivity index (χ1) is 7.72. The Balaban J connectivity index is 2.19. The highest BCUT2D eigenvalue weighted by atomic mass is 15.2. The molecule has 2 atom stereocenters. The summed E-state index contributed by atoms with van der Waals surface area (Å²) in [6.07, 6.45) is 5.73. The lowest BCUT2D eigenvalue weighted by Gasteiger charge is -2.38. The van der Waals surface area contributed by atoms with Crippen LogP contribution in [0.4, 0.5) is 5.82 Å². The maximum absolute atomic E-state index is 8.67. The van der Waals surface area contributed by atoms with E-state index in [1.165, 1.54) is 12.8 Å². The van der Waals surface area contributed by atoms with Crippen LogP contribution in [0.5, 0.6) is 0 Å². The summed E-state index contributed by atoms with van der Waals surface area (Å²) in [4.78, 5) is 10.6. The second kappa shape index (κ2) is 4.48. The Kier molecular flexibility index (Phi) is 3.04.